The third-order valence-electron chi connectivity index (χ3n) is 4.28. The van der Waals surface area contributed by atoms with E-state index in [-0.39, 0.29) is 24.3 Å². The van der Waals surface area contributed by atoms with Crippen molar-refractivity contribution in [1.29, 1.82) is 0 Å². The first-order chi connectivity index (χ1) is 12.6. The van der Waals surface area contributed by atoms with Crippen LogP contribution in [0.3, 0.4) is 0 Å². The van der Waals surface area contributed by atoms with E-state index in [2.05, 4.69) is 26.1 Å². The fraction of sp³-hybridized carbons (Fsp3) is 0.364. The van der Waals surface area contributed by atoms with E-state index in [0.717, 1.165) is 16.7 Å². The molecule has 0 spiro atoms. The lowest BCUT2D eigenvalue weighted by Crippen LogP contribution is -2.34. The Kier molecular flexibility index (Phi) is 6.61. The predicted octanol–water partition coefficient (Wildman–Crippen LogP) is 4.00. The van der Waals surface area contributed by atoms with Crippen LogP contribution in [0.4, 0.5) is 0 Å². The summed E-state index contributed by atoms with van der Waals surface area (Å²) in [5.74, 6) is -0.735. The van der Waals surface area contributed by atoms with E-state index >= 15 is 0 Å². The number of ether oxygens (including phenoxy) is 1. The number of nitrogens with one attached hydrogen (secondary N) is 1. The average molecular weight is 369 g/mol. The highest BCUT2D eigenvalue weighted by Crippen LogP contribution is 2.25. The molecule has 0 radical (unpaired) electrons. The summed E-state index contributed by atoms with van der Waals surface area (Å²) in [7, 11) is 0. The van der Waals surface area contributed by atoms with Gasteiger partial charge in [0.25, 0.3) is 5.91 Å². The molecule has 2 N–H and O–H groups in total. The van der Waals surface area contributed by atoms with Crippen LogP contribution >= 0.6 is 0 Å². The molecule has 0 aliphatic heterocycles. The summed E-state index contributed by atoms with van der Waals surface area (Å²) in [6, 6.07) is 14.5. The molecule has 0 heterocycles. The summed E-state index contributed by atoms with van der Waals surface area (Å²) >= 11 is 0. The highest BCUT2D eigenvalue weighted by atomic mass is 16.5. The molecule has 0 bridgehead atoms. The molecule has 1 atom stereocenters. The molecule has 2 aromatic rings. The summed E-state index contributed by atoms with van der Waals surface area (Å²) < 4.78 is 5.47. The maximum absolute atomic E-state index is 12.2. The number of amides is 1. The van der Waals surface area contributed by atoms with E-state index < -0.39 is 12.0 Å². The molecule has 5 heteroatoms. The molecule has 2 rings (SSSR count). The Morgan fingerprint density at radius 3 is 2.15 bits per heavy atom. The van der Waals surface area contributed by atoms with Crippen LogP contribution in [0.5, 0.6) is 5.75 Å². The fourth-order valence-corrected chi connectivity index (χ4v) is 2.66. The van der Waals surface area contributed by atoms with Gasteiger partial charge in [0, 0.05) is 0 Å². The average Bonchev–Trinajstić information content (AvgIpc) is 2.60. The van der Waals surface area contributed by atoms with E-state index in [9.17, 15) is 14.7 Å². The van der Waals surface area contributed by atoms with Gasteiger partial charge in [-0.25, -0.2) is 0 Å². The predicted molar refractivity (Wildman–Crippen MR) is 105 cm³/mol. The van der Waals surface area contributed by atoms with Gasteiger partial charge in [-0.15, -0.1) is 0 Å². The number of carbonyl (C=O) groups excluding carboxylic acids is 1. The SMILES string of the molecule is Cc1ccc(OCC(=O)N[C@@H](CC(=O)O)c2ccc(C(C)(C)C)cc2)cc1. The van der Waals surface area contributed by atoms with Gasteiger partial charge in [0.2, 0.25) is 0 Å². The van der Waals surface area contributed by atoms with Gasteiger partial charge in [0.15, 0.2) is 6.61 Å². The lowest BCUT2D eigenvalue weighted by atomic mass is 9.86. The molecule has 0 aliphatic rings. The summed E-state index contributed by atoms with van der Waals surface area (Å²) in [5.41, 5.74) is 3.02. The molecule has 0 unspecified atom stereocenters. The molecule has 1 amide bonds. The Hall–Kier alpha value is -2.82. The van der Waals surface area contributed by atoms with Crippen molar-refractivity contribution in [3.05, 3.63) is 65.2 Å². The minimum Gasteiger partial charge on any atom is -0.484 e. The Bertz CT molecular complexity index is 773. The molecular weight excluding hydrogens is 342 g/mol. The van der Waals surface area contributed by atoms with Crippen molar-refractivity contribution in [2.24, 2.45) is 0 Å². The summed E-state index contributed by atoms with van der Waals surface area (Å²) in [6.45, 7) is 8.14. The smallest absolute Gasteiger partial charge is 0.305 e. The fourth-order valence-electron chi connectivity index (χ4n) is 2.66. The van der Waals surface area contributed by atoms with E-state index in [4.69, 9.17) is 4.74 Å². The molecule has 27 heavy (non-hydrogen) atoms. The summed E-state index contributed by atoms with van der Waals surface area (Å²) in [6.07, 6.45) is -0.189. The molecule has 5 nitrogen and oxygen atoms in total. The van der Waals surface area contributed by atoms with E-state index in [1.807, 2.05) is 43.3 Å². The molecule has 0 saturated heterocycles. The number of aryl methyl sites for hydroxylation is 1. The van der Waals surface area contributed by atoms with E-state index in [1.165, 1.54) is 0 Å². The first-order valence-electron chi connectivity index (χ1n) is 8.96. The van der Waals surface area contributed by atoms with Crippen LogP contribution in [0.1, 0.15) is 49.9 Å². The standard InChI is InChI=1S/C22H27NO4/c1-15-5-11-18(12-6-15)27-14-20(24)23-19(13-21(25)26)16-7-9-17(10-8-16)22(2,3)4/h5-12,19H,13-14H2,1-4H3,(H,23,24)(H,25,26)/t19-/m0/s1. The monoisotopic (exact) mass is 369 g/mol. The van der Waals surface area contributed by atoms with Crippen molar-refractivity contribution in [2.75, 3.05) is 6.61 Å². The minimum atomic E-state index is -0.973. The Balaban J connectivity index is 2.03. The number of rotatable bonds is 7. The normalized spacial score (nSPS) is 12.3. The maximum atomic E-state index is 12.2. The van der Waals surface area contributed by atoms with Gasteiger partial charge < -0.3 is 15.2 Å². The Morgan fingerprint density at radius 2 is 1.63 bits per heavy atom. The van der Waals surface area contributed by atoms with Crippen molar-refractivity contribution >= 4 is 11.9 Å². The zero-order chi connectivity index (χ0) is 20.0. The Morgan fingerprint density at radius 1 is 1.04 bits per heavy atom. The zero-order valence-electron chi connectivity index (χ0n) is 16.3. The number of benzene rings is 2. The third-order valence-corrected chi connectivity index (χ3v) is 4.28. The van der Waals surface area contributed by atoms with Crippen LogP contribution in [0, 0.1) is 6.92 Å². The number of carboxylic acids is 1. The molecular formula is C22H27NO4. The number of carboxylic acid groups (broad SMARTS) is 1. The minimum absolute atomic E-state index is 0.00590. The van der Waals surface area contributed by atoms with Gasteiger partial charge in [-0.1, -0.05) is 62.7 Å². The van der Waals surface area contributed by atoms with Gasteiger partial charge in [0.05, 0.1) is 12.5 Å². The molecule has 144 valence electrons. The van der Waals surface area contributed by atoms with Crippen molar-refractivity contribution in [3.8, 4) is 5.75 Å². The molecule has 0 fully saturated rings. The Labute approximate surface area is 160 Å². The molecule has 2 aromatic carbocycles. The molecule has 0 aliphatic carbocycles. The van der Waals surface area contributed by atoms with Crippen LogP contribution in [-0.2, 0) is 15.0 Å². The first kappa shape index (κ1) is 20.5. The van der Waals surface area contributed by atoms with E-state index in [1.54, 1.807) is 12.1 Å². The highest BCUT2D eigenvalue weighted by molar-refractivity contribution is 5.79. The second-order valence-corrected chi connectivity index (χ2v) is 7.69. The highest BCUT2D eigenvalue weighted by Gasteiger charge is 2.20. The quantitative estimate of drug-likeness (QED) is 0.773. The largest absolute Gasteiger partial charge is 0.484 e. The van der Waals surface area contributed by atoms with Crippen molar-refractivity contribution in [1.82, 2.24) is 5.32 Å². The van der Waals surface area contributed by atoms with Crippen molar-refractivity contribution in [2.45, 2.75) is 45.6 Å². The lowest BCUT2D eigenvalue weighted by Gasteiger charge is -2.22. The van der Waals surface area contributed by atoms with Crippen LogP contribution in [0.2, 0.25) is 0 Å². The van der Waals surface area contributed by atoms with Gasteiger partial charge >= 0.3 is 5.97 Å². The van der Waals surface area contributed by atoms with Crippen molar-refractivity contribution in [3.63, 3.8) is 0 Å². The summed E-state index contributed by atoms with van der Waals surface area (Å²) in [5, 5.41) is 12.0. The lowest BCUT2D eigenvalue weighted by molar-refractivity contribution is -0.137. The second-order valence-electron chi connectivity index (χ2n) is 7.69. The van der Waals surface area contributed by atoms with Crippen molar-refractivity contribution < 1.29 is 19.4 Å². The van der Waals surface area contributed by atoms with Gasteiger partial charge in [-0.2, -0.15) is 0 Å². The van der Waals surface area contributed by atoms with Gasteiger partial charge in [0.1, 0.15) is 5.75 Å². The first-order valence-corrected chi connectivity index (χ1v) is 8.96. The topological polar surface area (TPSA) is 75.6 Å². The maximum Gasteiger partial charge on any atom is 0.305 e. The number of hydrogen-bond acceptors (Lipinski definition) is 3. The van der Waals surface area contributed by atoms with Gasteiger partial charge in [-0.3, -0.25) is 9.59 Å². The van der Waals surface area contributed by atoms with Crippen LogP contribution in [0.25, 0.3) is 0 Å². The number of carbonyl (C=O) groups is 2. The van der Waals surface area contributed by atoms with Crippen LogP contribution in [0.15, 0.2) is 48.5 Å². The third kappa shape index (κ3) is 6.44. The number of aliphatic carboxylic acids is 1. The van der Waals surface area contributed by atoms with E-state index in [0.29, 0.717) is 5.75 Å². The van der Waals surface area contributed by atoms with Crippen LogP contribution in [-0.4, -0.2) is 23.6 Å². The number of hydrogen-bond donors (Lipinski definition) is 2. The molecule has 0 aromatic heterocycles. The second kappa shape index (κ2) is 8.71. The molecule has 0 saturated carbocycles. The zero-order valence-corrected chi connectivity index (χ0v) is 16.3. The summed E-state index contributed by atoms with van der Waals surface area (Å²) in [4.78, 5) is 23.5. The van der Waals surface area contributed by atoms with Crippen LogP contribution < -0.4 is 10.1 Å². The van der Waals surface area contributed by atoms with Gasteiger partial charge in [-0.05, 0) is 35.6 Å².